The van der Waals surface area contributed by atoms with Crippen LogP contribution in [0.3, 0.4) is 0 Å². The Morgan fingerprint density at radius 2 is 1.96 bits per heavy atom. The topological polar surface area (TPSA) is 88.3 Å². The monoisotopic (exact) mass is 404 g/mol. The Kier molecular flexibility index (Phi) is 9.56. The number of halogens is 2. The van der Waals surface area contributed by atoms with E-state index < -0.39 is 6.04 Å². The molecule has 1 aromatic heterocycles. The lowest BCUT2D eigenvalue weighted by Crippen LogP contribution is -2.53. The molecule has 2 atom stereocenters. The van der Waals surface area contributed by atoms with E-state index in [1.807, 2.05) is 33.8 Å². The smallest absolute Gasteiger partial charge is 0.240 e. The van der Waals surface area contributed by atoms with Gasteiger partial charge in [-0.1, -0.05) is 26.8 Å². The van der Waals surface area contributed by atoms with E-state index in [9.17, 15) is 9.59 Å². The minimum atomic E-state index is -0.557. The quantitative estimate of drug-likeness (QED) is 0.810. The number of pyridine rings is 1. The number of carbonyl (C=O) groups is 2. The lowest BCUT2D eigenvalue weighted by Gasteiger charge is -2.36. The zero-order chi connectivity index (χ0) is 17.9. The van der Waals surface area contributed by atoms with Crippen molar-refractivity contribution in [2.45, 2.75) is 46.6 Å². The van der Waals surface area contributed by atoms with E-state index >= 15 is 0 Å². The highest BCUT2D eigenvalue weighted by Crippen LogP contribution is 2.23. The zero-order valence-electron chi connectivity index (χ0n) is 15.8. The number of aryl methyl sites for hydroxylation is 1. The first kappa shape index (κ1) is 24.6. The van der Waals surface area contributed by atoms with Gasteiger partial charge >= 0.3 is 0 Å². The Hall–Kier alpha value is -1.37. The van der Waals surface area contributed by atoms with Gasteiger partial charge in [-0.25, -0.2) is 4.98 Å². The highest BCUT2D eigenvalue weighted by molar-refractivity contribution is 5.92. The van der Waals surface area contributed by atoms with Crippen LogP contribution in [0.2, 0.25) is 0 Å². The minimum absolute atomic E-state index is 0. The molecule has 0 bridgehead atoms. The second kappa shape index (κ2) is 10.1. The van der Waals surface area contributed by atoms with Gasteiger partial charge in [-0.15, -0.1) is 24.8 Å². The van der Waals surface area contributed by atoms with Gasteiger partial charge in [0, 0.05) is 19.3 Å². The predicted molar refractivity (Wildman–Crippen MR) is 109 cm³/mol. The van der Waals surface area contributed by atoms with Gasteiger partial charge in [0.2, 0.25) is 11.8 Å². The van der Waals surface area contributed by atoms with Crippen molar-refractivity contribution in [2.24, 2.45) is 17.1 Å². The first-order valence-corrected chi connectivity index (χ1v) is 8.46. The first-order valence-electron chi connectivity index (χ1n) is 8.46. The van der Waals surface area contributed by atoms with Crippen LogP contribution < -0.4 is 11.1 Å². The molecule has 1 fully saturated rings. The molecule has 3 N–H and O–H groups in total. The van der Waals surface area contributed by atoms with Crippen LogP contribution in [-0.2, 0) is 9.59 Å². The summed E-state index contributed by atoms with van der Waals surface area (Å²) in [5.74, 6) is 0.153. The fourth-order valence-electron chi connectivity index (χ4n) is 2.73. The van der Waals surface area contributed by atoms with Crippen molar-refractivity contribution in [3.8, 4) is 0 Å². The SMILES string of the molecule is Cc1ccc(NC(=O)C2CCCN(C(=O)[C@@H](N)C(C)(C)C)C2)nc1.Cl.Cl. The van der Waals surface area contributed by atoms with Crippen molar-refractivity contribution in [1.29, 1.82) is 0 Å². The molecule has 6 nitrogen and oxygen atoms in total. The number of nitrogens with one attached hydrogen (secondary N) is 1. The largest absolute Gasteiger partial charge is 0.341 e. The molecule has 26 heavy (non-hydrogen) atoms. The van der Waals surface area contributed by atoms with Crippen molar-refractivity contribution in [3.63, 3.8) is 0 Å². The maximum absolute atomic E-state index is 12.6. The van der Waals surface area contributed by atoms with Gasteiger partial charge in [0.15, 0.2) is 0 Å². The molecule has 1 saturated heterocycles. The van der Waals surface area contributed by atoms with Crippen LogP contribution in [0.25, 0.3) is 0 Å². The lowest BCUT2D eigenvalue weighted by atomic mass is 9.85. The minimum Gasteiger partial charge on any atom is -0.341 e. The van der Waals surface area contributed by atoms with E-state index in [1.165, 1.54) is 0 Å². The summed E-state index contributed by atoms with van der Waals surface area (Å²) in [6, 6.07) is 3.13. The molecule has 0 radical (unpaired) electrons. The maximum atomic E-state index is 12.6. The molecular formula is C18H30Cl2N4O2. The van der Waals surface area contributed by atoms with Crippen molar-refractivity contribution in [2.75, 3.05) is 18.4 Å². The average molecular weight is 405 g/mol. The molecule has 1 aliphatic heterocycles. The Balaban J connectivity index is 0.00000312. The number of aromatic nitrogens is 1. The fourth-order valence-corrected chi connectivity index (χ4v) is 2.73. The summed E-state index contributed by atoms with van der Waals surface area (Å²) >= 11 is 0. The maximum Gasteiger partial charge on any atom is 0.240 e. The van der Waals surface area contributed by atoms with Crippen LogP contribution in [0.4, 0.5) is 5.82 Å². The van der Waals surface area contributed by atoms with Gasteiger partial charge in [-0.05, 0) is 36.8 Å². The standard InChI is InChI=1S/C18H28N4O2.2ClH/c1-12-7-8-14(20-10-12)21-16(23)13-6-5-9-22(11-13)17(24)15(19)18(2,3)4;;/h7-8,10,13,15H,5-6,9,11,19H2,1-4H3,(H,20,21,23);2*1H/t13?,15-;;/m1../s1. The number of amides is 2. The van der Waals surface area contributed by atoms with Crippen molar-refractivity contribution in [1.82, 2.24) is 9.88 Å². The number of piperidine rings is 1. The molecule has 2 rings (SSSR count). The van der Waals surface area contributed by atoms with E-state index in [-0.39, 0.29) is 48.0 Å². The second-order valence-corrected chi connectivity index (χ2v) is 7.68. The number of anilines is 1. The number of hydrogen-bond donors (Lipinski definition) is 2. The van der Waals surface area contributed by atoms with Crippen LogP contribution in [0, 0.1) is 18.3 Å². The second-order valence-electron chi connectivity index (χ2n) is 7.68. The van der Waals surface area contributed by atoms with Gasteiger partial charge < -0.3 is 16.0 Å². The van der Waals surface area contributed by atoms with E-state index in [0.29, 0.717) is 18.9 Å². The highest BCUT2D eigenvalue weighted by Gasteiger charge is 2.35. The molecule has 0 aromatic carbocycles. The third kappa shape index (κ3) is 6.41. The number of likely N-dealkylation sites (tertiary alicyclic amines) is 1. The normalized spacial score (nSPS) is 18.2. The molecule has 148 valence electrons. The van der Waals surface area contributed by atoms with E-state index in [4.69, 9.17) is 5.73 Å². The third-order valence-electron chi connectivity index (χ3n) is 4.47. The number of rotatable bonds is 3. The van der Waals surface area contributed by atoms with E-state index in [0.717, 1.165) is 18.4 Å². The van der Waals surface area contributed by atoms with Gasteiger partial charge in [0.25, 0.3) is 0 Å². The number of nitrogens with two attached hydrogens (primary N) is 1. The van der Waals surface area contributed by atoms with Crippen LogP contribution in [-0.4, -0.2) is 40.8 Å². The summed E-state index contributed by atoms with van der Waals surface area (Å²) in [4.78, 5) is 31.0. The summed E-state index contributed by atoms with van der Waals surface area (Å²) in [5.41, 5.74) is 6.83. The lowest BCUT2D eigenvalue weighted by molar-refractivity contribution is -0.138. The Labute approximate surface area is 168 Å². The molecule has 2 amide bonds. The molecule has 1 aliphatic rings. The van der Waals surface area contributed by atoms with E-state index in [2.05, 4.69) is 10.3 Å². The molecule has 0 saturated carbocycles. The van der Waals surface area contributed by atoms with E-state index in [1.54, 1.807) is 17.2 Å². The number of nitrogens with zero attached hydrogens (tertiary/aromatic N) is 2. The molecule has 0 aliphatic carbocycles. The summed E-state index contributed by atoms with van der Waals surface area (Å²) in [7, 11) is 0. The van der Waals surface area contributed by atoms with Crippen molar-refractivity contribution in [3.05, 3.63) is 23.9 Å². The molecular weight excluding hydrogens is 375 g/mol. The van der Waals surface area contributed by atoms with Gasteiger partial charge in [-0.2, -0.15) is 0 Å². The van der Waals surface area contributed by atoms with Gasteiger partial charge in [0.1, 0.15) is 5.82 Å². The fraction of sp³-hybridized carbons (Fsp3) is 0.611. The summed E-state index contributed by atoms with van der Waals surface area (Å²) in [6.07, 6.45) is 3.29. The highest BCUT2D eigenvalue weighted by atomic mass is 35.5. The van der Waals surface area contributed by atoms with Crippen LogP contribution in [0.5, 0.6) is 0 Å². The van der Waals surface area contributed by atoms with Gasteiger partial charge in [0.05, 0.1) is 12.0 Å². The summed E-state index contributed by atoms with van der Waals surface area (Å²) < 4.78 is 0. The molecule has 1 unspecified atom stereocenters. The number of carbonyl (C=O) groups excluding carboxylic acids is 2. The molecule has 1 aromatic rings. The Morgan fingerprint density at radius 1 is 1.31 bits per heavy atom. The Morgan fingerprint density at radius 3 is 2.50 bits per heavy atom. The molecule has 0 spiro atoms. The van der Waals surface area contributed by atoms with Crippen LogP contribution in [0.15, 0.2) is 18.3 Å². The molecule has 8 heteroatoms. The Bertz CT molecular complexity index is 602. The summed E-state index contributed by atoms with van der Waals surface area (Å²) in [5, 5.41) is 2.84. The predicted octanol–water partition coefficient (Wildman–Crippen LogP) is 2.78. The summed E-state index contributed by atoms with van der Waals surface area (Å²) in [6.45, 7) is 8.88. The van der Waals surface area contributed by atoms with Crippen LogP contribution in [0.1, 0.15) is 39.2 Å². The van der Waals surface area contributed by atoms with Gasteiger partial charge in [-0.3, -0.25) is 9.59 Å². The van der Waals surface area contributed by atoms with Crippen molar-refractivity contribution < 1.29 is 9.59 Å². The third-order valence-corrected chi connectivity index (χ3v) is 4.47. The van der Waals surface area contributed by atoms with Crippen molar-refractivity contribution >= 4 is 42.4 Å². The zero-order valence-corrected chi connectivity index (χ0v) is 17.5. The first-order chi connectivity index (χ1) is 11.2. The molecule has 2 heterocycles. The average Bonchev–Trinajstić information content (AvgIpc) is 2.54. The number of hydrogen-bond acceptors (Lipinski definition) is 4. The van der Waals surface area contributed by atoms with Crippen LogP contribution >= 0.6 is 24.8 Å².